The summed E-state index contributed by atoms with van der Waals surface area (Å²) in [7, 11) is 0. The summed E-state index contributed by atoms with van der Waals surface area (Å²) in [6, 6.07) is 3.79. The summed E-state index contributed by atoms with van der Waals surface area (Å²) in [5.41, 5.74) is 6.37. The molecule has 0 aliphatic heterocycles. The average molecular weight is 243 g/mol. The molecule has 1 heterocycles. The molecular weight excluding hydrogens is 232 g/mol. The van der Waals surface area contributed by atoms with Gasteiger partial charge < -0.3 is 10.5 Å². The Morgan fingerprint density at radius 1 is 1.54 bits per heavy atom. The number of ether oxygens (including phenoxy) is 1. The third kappa shape index (κ3) is 2.19. The highest BCUT2D eigenvalue weighted by Crippen LogP contribution is 2.28. The number of rotatable bonds is 3. The van der Waals surface area contributed by atoms with E-state index in [9.17, 15) is 0 Å². The van der Waals surface area contributed by atoms with Crippen LogP contribution >= 0.6 is 15.9 Å². The van der Waals surface area contributed by atoms with E-state index >= 15 is 0 Å². The van der Waals surface area contributed by atoms with Crippen molar-refractivity contribution in [1.82, 2.24) is 4.98 Å². The van der Waals surface area contributed by atoms with Crippen LogP contribution < -0.4 is 10.5 Å². The molecule has 0 amide bonds. The van der Waals surface area contributed by atoms with Crippen LogP contribution in [0, 0.1) is 0 Å². The molecule has 70 valence electrons. The molecule has 0 unspecified atom stereocenters. The minimum absolute atomic E-state index is 0.397. The lowest BCUT2D eigenvalue weighted by atomic mass is 10.3. The number of nitrogens with two attached hydrogens (primary N) is 1. The van der Waals surface area contributed by atoms with Crippen LogP contribution in [0.1, 0.15) is 18.5 Å². The van der Waals surface area contributed by atoms with Gasteiger partial charge in [0.15, 0.2) is 0 Å². The van der Waals surface area contributed by atoms with E-state index < -0.39 is 0 Å². The number of nitrogens with zero attached hydrogens (tertiary/aromatic N) is 1. The summed E-state index contributed by atoms with van der Waals surface area (Å²) >= 11 is 3.30. The largest absolute Gasteiger partial charge is 0.488 e. The van der Waals surface area contributed by atoms with Crippen molar-refractivity contribution in [2.45, 2.75) is 25.5 Å². The van der Waals surface area contributed by atoms with Crippen molar-refractivity contribution in [2.75, 3.05) is 0 Å². The zero-order valence-electron chi connectivity index (χ0n) is 7.16. The quantitative estimate of drug-likeness (QED) is 0.824. The number of pyridine rings is 1. The van der Waals surface area contributed by atoms with Crippen LogP contribution in [0.25, 0.3) is 0 Å². The average Bonchev–Trinajstić information content (AvgIpc) is 2.92. The van der Waals surface area contributed by atoms with Gasteiger partial charge in [0.1, 0.15) is 10.4 Å². The lowest BCUT2D eigenvalue weighted by Crippen LogP contribution is -2.06. The lowest BCUT2D eigenvalue weighted by molar-refractivity contribution is 0.298. The zero-order chi connectivity index (χ0) is 9.26. The summed E-state index contributed by atoms with van der Waals surface area (Å²) in [6.07, 6.45) is 2.70. The molecule has 1 aliphatic carbocycles. The number of aromatic nitrogens is 1. The Bertz CT molecular complexity index is 312. The molecular formula is C9H11BrN2O. The summed E-state index contributed by atoms with van der Waals surface area (Å²) in [4.78, 5) is 4.24. The maximum Gasteiger partial charge on any atom is 0.142 e. The van der Waals surface area contributed by atoms with E-state index in [0.29, 0.717) is 12.6 Å². The maximum absolute atomic E-state index is 5.64. The molecule has 4 heteroatoms. The van der Waals surface area contributed by atoms with Gasteiger partial charge in [0, 0.05) is 6.54 Å². The highest BCUT2D eigenvalue weighted by Gasteiger charge is 2.24. The van der Waals surface area contributed by atoms with Crippen LogP contribution in [-0.2, 0) is 6.54 Å². The molecule has 0 bridgehead atoms. The fourth-order valence-electron chi connectivity index (χ4n) is 1.08. The minimum atomic E-state index is 0.397. The SMILES string of the molecule is NCc1nc(Br)ccc1OC1CC1. The van der Waals surface area contributed by atoms with Crippen LogP contribution in [0.3, 0.4) is 0 Å². The second-order valence-electron chi connectivity index (χ2n) is 3.10. The highest BCUT2D eigenvalue weighted by molar-refractivity contribution is 9.10. The molecule has 2 rings (SSSR count). The fourth-order valence-corrected chi connectivity index (χ4v) is 1.43. The van der Waals surface area contributed by atoms with Gasteiger partial charge in [-0.15, -0.1) is 0 Å². The first-order chi connectivity index (χ1) is 6.29. The van der Waals surface area contributed by atoms with Crippen molar-refractivity contribution < 1.29 is 4.74 Å². The molecule has 0 saturated heterocycles. The van der Waals surface area contributed by atoms with Gasteiger partial charge in [0.2, 0.25) is 0 Å². The molecule has 0 atom stereocenters. The molecule has 13 heavy (non-hydrogen) atoms. The first kappa shape index (κ1) is 8.97. The third-order valence-corrected chi connectivity index (χ3v) is 2.35. The van der Waals surface area contributed by atoms with Gasteiger partial charge in [0.05, 0.1) is 11.8 Å². The Kier molecular flexibility index (Phi) is 2.51. The van der Waals surface area contributed by atoms with Crippen molar-refractivity contribution in [1.29, 1.82) is 0 Å². The van der Waals surface area contributed by atoms with Crippen molar-refractivity contribution in [2.24, 2.45) is 5.73 Å². The standard InChI is InChI=1S/C9H11BrN2O/c10-9-4-3-8(7(5-11)12-9)13-6-1-2-6/h3-4,6H,1-2,5,11H2. The number of hydrogen-bond donors (Lipinski definition) is 1. The van der Waals surface area contributed by atoms with E-state index in [4.69, 9.17) is 10.5 Å². The summed E-state index contributed by atoms with van der Waals surface area (Å²) < 4.78 is 6.44. The lowest BCUT2D eigenvalue weighted by Gasteiger charge is -2.08. The van der Waals surface area contributed by atoms with Crippen LogP contribution in [0.15, 0.2) is 16.7 Å². The van der Waals surface area contributed by atoms with Gasteiger partial charge in [-0.25, -0.2) is 4.98 Å². The van der Waals surface area contributed by atoms with E-state index in [0.717, 1.165) is 28.9 Å². The molecule has 0 aromatic carbocycles. The normalized spacial score (nSPS) is 15.8. The number of halogens is 1. The molecule has 0 spiro atoms. The molecule has 1 aromatic rings. The van der Waals surface area contributed by atoms with Crippen LogP contribution in [-0.4, -0.2) is 11.1 Å². The van der Waals surface area contributed by atoms with Crippen molar-refractivity contribution in [3.05, 3.63) is 22.4 Å². The Hall–Kier alpha value is -0.610. The van der Waals surface area contributed by atoms with E-state index in [-0.39, 0.29) is 0 Å². The second-order valence-corrected chi connectivity index (χ2v) is 3.91. The highest BCUT2D eigenvalue weighted by atomic mass is 79.9. The van der Waals surface area contributed by atoms with E-state index in [1.54, 1.807) is 0 Å². The van der Waals surface area contributed by atoms with E-state index in [1.807, 2.05) is 12.1 Å². The van der Waals surface area contributed by atoms with Crippen molar-refractivity contribution >= 4 is 15.9 Å². The Labute approximate surface area is 85.4 Å². The van der Waals surface area contributed by atoms with Crippen molar-refractivity contribution in [3.8, 4) is 5.75 Å². The number of hydrogen-bond acceptors (Lipinski definition) is 3. The van der Waals surface area contributed by atoms with Gasteiger partial charge in [-0.05, 0) is 40.9 Å². The topological polar surface area (TPSA) is 48.1 Å². The molecule has 2 N–H and O–H groups in total. The smallest absolute Gasteiger partial charge is 0.142 e. The zero-order valence-corrected chi connectivity index (χ0v) is 8.75. The second kappa shape index (κ2) is 3.64. The minimum Gasteiger partial charge on any atom is -0.488 e. The van der Waals surface area contributed by atoms with Crippen molar-refractivity contribution in [3.63, 3.8) is 0 Å². The third-order valence-electron chi connectivity index (χ3n) is 1.91. The van der Waals surface area contributed by atoms with Crippen LogP contribution in [0.4, 0.5) is 0 Å². The first-order valence-electron chi connectivity index (χ1n) is 4.32. The van der Waals surface area contributed by atoms with Crippen LogP contribution in [0.5, 0.6) is 5.75 Å². The molecule has 3 nitrogen and oxygen atoms in total. The Morgan fingerprint density at radius 3 is 2.92 bits per heavy atom. The van der Waals surface area contributed by atoms with Gasteiger partial charge >= 0.3 is 0 Å². The van der Waals surface area contributed by atoms with Crippen LogP contribution in [0.2, 0.25) is 0 Å². The Morgan fingerprint density at radius 2 is 2.31 bits per heavy atom. The first-order valence-corrected chi connectivity index (χ1v) is 5.11. The van der Waals surface area contributed by atoms with Gasteiger partial charge in [-0.1, -0.05) is 0 Å². The van der Waals surface area contributed by atoms with Gasteiger partial charge in [-0.2, -0.15) is 0 Å². The predicted molar refractivity (Wildman–Crippen MR) is 53.5 cm³/mol. The summed E-state index contributed by atoms with van der Waals surface area (Å²) in [5.74, 6) is 0.827. The predicted octanol–water partition coefficient (Wildman–Crippen LogP) is 1.84. The molecule has 1 fully saturated rings. The Balaban J connectivity index is 2.21. The van der Waals surface area contributed by atoms with Gasteiger partial charge in [-0.3, -0.25) is 0 Å². The fraction of sp³-hybridized carbons (Fsp3) is 0.444. The maximum atomic E-state index is 5.64. The monoisotopic (exact) mass is 242 g/mol. The summed E-state index contributed by atoms with van der Waals surface area (Å²) in [6.45, 7) is 0.418. The van der Waals surface area contributed by atoms with E-state index in [1.165, 1.54) is 0 Å². The molecule has 1 aromatic heterocycles. The summed E-state index contributed by atoms with van der Waals surface area (Å²) in [5, 5.41) is 0. The molecule has 1 aliphatic rings. The van der Waals surface area contributed by atoms with Gasteiger partial charge in [0.25, 0.3) is 0 Å². The molecule has 0 radical (unpaired) electrons. The van der Waals surface area contributed by atoms with E-state index in [2.05, 4.69) is 20.9 Å². The molecule has 1 saturated carbocycles.